The molecule has 0 unspecified atom stereocenters. The van der Waals surface area contributed by atoms with E-state index < -0.39 is 0 Å². The highest BCUT2D eigenvalue weighted by Crippen LogP contribution is 2.20. The molecule has 0 aliphatic heterocycles. The maximum Gasteiger partial charge on any atom is 0.126 e. The summed E-state index contributed by atoms with van der Waals surface area (Å²) in [6.07, 6.45) is 1.91. The molecule has 2 nitrogen and oxygen atoms in total. The van der Waals surface area contributed by atoms with Crippen molar-refractivity contribution in [2.75, 3.05) is 5.32 Å². The monoisotopic (exact) mass is 226 g/mol. The van der Waals surface area contributed by atoms with Crippen molar-refractivity contribution < 1.29 is 0 Å². The molecular weight excluding hydrogens is 208 g/mol. The van der Waals surface area contributed by atoms with Crippen LogP contribution in [0.2, 0.25) is 0 Å². The minimum absolute atomic E-state index is 0.0429. The van der Waals surface area contributed by atoms with Crippen molar-refractivity contribution in [3.8, 4) is 11.1 Å². The molecule has 0 amide bonds. The third-order valence-electron chi connectivity index (χ3n) is 2.37. The molecule has 1 aromatic heterocycles. The Labute approximate surface area is 103 Å². The van der Waals surface area contributed by atoms with Gasteiger partial charge in [0.15, 0.2) is 0 Å². The molecule has 88 valence electrons. The summed E-state index contributed by atoms with van der Waals surface area (Å²) in [5.41, 5.74) is 2.38. The molecule has 0 saturated carbocycles. The van der Waals surface area contributed by atoms with Crippen LogP contribution in [0.3, 0.4) is 0 Å². The van der Waals surface area contributed by atoms with E-state index in [4.69, 9.17) is 0 Å². The van der Waals surface area contributed by atoms with E-state index in [2.05, 4.69) is 49.3 Å². The Hall–Kier alpha value is -1.83. The molecule has 0 saturated heterocycles. The maximum atomic E-state index is 4.43. The van der Waals surface area contributed by atoms with Crippen LogP contribution < -0.4 is 5.32 Å². The van der Waals surface area contributed by atoms with Gasteiger partial charge in [-0.15, -0.1) is 0 Å². The van der Waals surface area contributed by atoms with Crippen molar-refractivity contribution in [2.45, 2.75) is 26.3 Å². The second-order valence-corrected chi connectivity index (χ2v) is 5.17. The molecule has 17 heavy (non-hydrogen) atoms. The summed E-state index contributed by atoms with van der Waals surface area (Å²) in [6, 6.07) is 14.4. The fourth-order valence-corrected chi connectivity index (χ4v) is 1.65. The van der Waals surface area contributed by atoms with E-state index in [1.165, 1.54) is 5.56 Å². The van der Waals surface area contributed by atoms with Gasteiger partial charge in [0.1, 0.15) is 5.82 Å². The summed E-state index contributed by atoms with van der Waals surface area (Å²) in [5, 5.41) is 3.35. The van der Waals surface area contributed by atoms with Crippen molar-refractivity contribution >= 4 is 5.82 Å². The maximum absolute atomic E-state index is 4.43. The van der Waals surface area contributed by atoms with Crippen molar-refractivity contribution in [1.29, 1.82) is 0 Å². The van der Waals surface area contributed by atoms with Crippen LogP contribution >= 0.6 is 0 Å². The number of hydrogen-bond acceptors (Lipinski definition) is 2. The van der Waals surface area contributed by atoms with Crippen molar-refractivity contribution in [3.05, 3.63) is 48.7 Å². The average molecular weight is 226 g/mol. The second kappa shape index (κ2) is 4.58. The Morgan fingerprint density at radius 1 is 0.882 bits per heavy atom. The summed E-state index contributed by atoms with van der Waals surface area (Å²) in [7, 11) is 0. The van der Waals surface area contributed by atoms with Gasteiger partial charge in [0.2, 0.25) is 0 Å². The Bertz CT molecular complexity index is 467. The van der Waals surface area contributed by atoms with Crippen LogP contribution in [0.25, 0.3) is 11.1 Å². The van der Waals surface area contributed by atoms with Crippen LogP contribution in [0.4, 0.5) is 5.82 Å². The third-order valence-corrected chi connectivity index (χ3v) is 2.37. The zero-order valence-corrected chi connectivity index (χ0v) is 10.6. The molecule has 0 spiro atoms. The molecule has 1 heterocycles. The van der Waals surface area contributed by atoms with Gasteiger partial charge in [-0.3, -0.25) is 0 Å². The Morgan fingerprint density at radius 3 is 2.12 bits per heavy atom. The highest BCUT2D eigenvalue weighted by atomic mass is 15.0. The first kappa shape index (κ1) is 11.6. The molecule has 1 N–H and O–H groups in total. The van der Waals surface area contributed by atoms with Gasteiger partial charge in [-0.1, -0.05) is 30.3 Å². The van der Waals surface area contributed by atoms with Gasteiger partial charge >= 0.3 is 0 Å². The molecule has 0 fully saturated rings. The van der Waals surface area contributed by atoms with Crippen LogP contribution in [-0.2, 0) is 0 Å². The number of anilines is 1. The number of rotatable bonds is 2. The third kappa shape index (κ3) is 3.31. The number of pyridine rings is 1. The summed E-state index contributed by atoms with van der Waals surface area (Å²) < 4.78 is 0. The fraction of sp³-hybridized carbons (Fsp3) is 0.267. The molecule has 0 bridgehead atoms. The first-order valence-electron chi connectivity index (χ1n) is 5.84. The lowest BCUT2D eigenvalue weighted by molar-refractivity contribution is 0.630. The van der Waals surface area contributed by atoms with Crippen molar-refractivity contribution in [1.82, 2.24) is 4.98 Å². The predicted octanol–water partition coefficient (Wildman–Crippen LogP) is 3.96. The standard InChI is InChI=1S/C15H18N2/c1-15(2,3)17-14-10-9-13(11-16-14)12-7-5-4-6-8-12/h4-11H,1-3H3,(H,16,17). The number of hydrogen-bond donors (Lipinski definition) is 1. The highest BCUT2D eigenvalue weighted by molar-refractivity contribution is 5.63. The number of benzene rings is 1. The van der Waals surface area contributed by atoms with E-state index in [-0.39, 0.29) is 5.54 Å². The Morgan fingerprint density at radius 2 is 1.59 bits per heavy atom. The first-order chi connectivity index (χ1) is 8.04. The summed E-state index contributed by atoms with van der Waals surface area (Å²) in [5.74, 6) is 0.914. The van der Waals surface area contributed by atoms with Crippen LogP contribution in [0.1, 0.15) is 20.8 Å². The predicted molar refractivity (Wildman–Crippen MR) is 73.0 cm³/mol. The topological polar surface area (TPSA) is 24.9 Å². The minimum atomic E-state index is 0.0429. The normalized spacial score (nSPS) is 11.2. The lowest BCUT2D eigenvalue weighted by atomic mass is 10.1. The minimum Gasteiger partial charge on any atom is -0.365 e. The highest BCUT2D eigenvalue weighted by Gasteiger charge is 2.09. The second-order valence-electron chi connectivity index (χ2n) is 5.17. The smallest absolute Gasteiger partial charge is 0.126 e. The van der Waals surface area contributed by atoms with Crippen LogP contribution in [0, 0.1) is 0 Å². The lowest BCUT2D eigenvalue weighted by Crippen LogP contribution is -2.26. The van der Waals surface area contributed by atoms with Crippen LogP contribution in [-0.4, -0.2) is 10.5 Å². The van der Waals surface area contributed by atoms with E-state index in [1.807, 2.05) is 30.5 Å². The zero-order chi connectivity index (χ0) is 12.3. The van der Waals surface area contributed by atoms with Gasteiger partial charge in [-0.05, 0) is 38.5 Å². The number of nitrogens with one attached hydrogen (secondary N) is 1. The quantitative estimate of drug-likeness (QED) is 0.838. The zero-order valence-electron chi connectivity index (χ0n) is 10.6. The molecular formula is C15H18N2. The molecule has 0 aliphatic rings. The summed E-state index contributed by atoms with van der Waals surface area (Å²) in [4.78, 5) is 4.43. The molecule has 0 radical (unpaired) electrons. The number of nitrogens with zero attached hydrogens (tertiary/aromatic N) is 1. The van der Waals surface area contributed by atoms with Crippen LogP contribution in [0.15, 0.2) is 48.7 Å². The molecule has 2 heteroatoms. The largest absolute Gasteiger partial charge is 0.365 e. The molecule has 2 aromatic rings. The van der Waals surface area contributed by atoms with Gasteiger partial charge in [0.25, 0.3) is 0 Å². The van der Waals surface area contributed by atoms with Gasteiger partial charge < -0.3 is 5.32 Å². The van der Waals surface area contributed by atoms with Gasteiger partial charge in [-0.2, -0.15) is 0 Å². The van der Waals surface area contributed by atoms with E-state index in [0.29, 0.717) is 0 Å². The van der Waals surface area contributed by atoms with Gasteiger partial charge in [0, 0.05) is 17.3 Å². The number of aromatic nitrogens is 1. The average Bonchev–Trinajstić information content (AvgIpc) is 2.29. The fourth-order valence-electron chi connectivity index (χ4n) is 1.65. The summed E-state index contributed by atoms with van der Waals surface area (Å²) in [6.45, 7) is 6.37. The van der Waals surface area contributed by atoms with E-state index in [1.54, 1.807) is 0 Å². The van der Waals surface area contributed by atoms with Gasteiger partial charge in [0.05, 0.1) is 0 Å². The van der Waals surface area contributed by atoms with Crippen LogP contribution in [0.5, 0.6) is 0 Å². The van der Waals surface area contributed by atoms with E-state index in [0.717, 1.165) is 11.4 Å². The van der Waals surface area contributed by atoms with Crippen molar-refractivity contribution in [2.24, 2.45) is 0 Å². The van der Waals surface area contributed by atoms with E-state index in [9.17, 15) is 0 Å². The lowest BCUT2D eigenvalue weighted by Gasteiger charge is -2.21. The molecule has 1 aromatic carbocycles. The SMILES string of the molecule is CC(C)(C)Nc1ccc(-c2ccccc2)cn1. The molecule has 0 atom stereocenters. The van der Waals surface area contributed by atoms with Gasteiger partial charge in [-0.25, -0.2) is 4.98 Å². The summed E-state index contributed by atoms with van der Waals surface area (Å²) >= 11 is 0. The van der Waals surface area contributed by atoms with E-state index >= 15 is 0 Å². The Kier molecular flexibility index (Phi) is 3.14. The first-order valence-corrected chi connectivity index (χ1v) is 5.84. The molecule has 0 aliphatic carbocycles. The van der Waals surface area contributed by atoms with Crippen molar-refractivity contribution in [3.63, 3.8) is 0 Å². The molecule has 2 rings (SSSR count). The Balaban J connectivity index is 2.19.